The molecule has 4 aliphatic heterocycles. The van der Waals surface area contributed by atoms with Gasteiger partial charge in [0.05, 0.1) is 31.5 Å². The van der Waals surface area contributed by atoms with Crippen molar-refractivity contribution in [2.45, 2.75) is 122 Å². The molecule has 0 aromatic rings. The highest BCUT2D eigenvalue weighted by Gasteiger charge is 2.60. The zero-order chi connectivity index (χ0) is 32.7. The summed E-state index contributed by atoms with van der Waals surface area (Å²) in [5, 5.41) is 44.6. The van der Waals surface area contributed by atoms with Gasteiger partial charge in [-0.05, 0) is 62.2 Å². The molecular formula is C36H52O9. The Balaban J connectivity index is 1.53. The number of allylic oxidation sites excluding steroid dienone is 5. The lowest BCUT2D eigenvalue weighted by molar-refractivity contribution is -0.345. The second-order valence-electron chi connectivity index (χ2n) is 14.4. The van der Waals surface area contributed by atoms with Crippen molar-refractivity contribution in [2.75, 3.05) is 13.2 Å². The van der Waals surface area contributed by atoms with Crippen molar-refractivity contribution >= 4 is 5.97 Å². The van der Waals surface area contributed by atoms with Crippen LogP contribution < -0.4 is 0 Å². The molecule has 9 nitrogen and oxygen atoms in total. The fourth-order valence-corrected chi connectivity index (χ4v) is 7.93. The maximum absolute atomic E-state index is 14.1. The lowest BCUT2D eigenvalue weighted by Crippen LogP contribution is -2.60. The smallest absolute Gasteiger partial charge is 0.316 e. The molecule has 3 saturated heterocycles. The van der Waals surface area contributed by atoms with E-state index >= 15 is 0 Å². The van der Waals surface area contributed by atoms with Gasteiger partial charge in [0, 0.05) is 25.2 Å². The third-order valence-corrected chi connectivity index (χ3v) is 10.1. The van der Waals surface area contributed by atoms with Gasteiger partial charge in [-0.25, -0.2) is 0 Å². The third kappa shape index (κ3) is 6.96. The van der Waals surface area contributed by atoms with Crippen molar-refractivity contribution in [1.29, 1.82) is 0 Å². The maximum Gasteiger partial charge on any atom is 0.316 e. The van der Waals surface area contributed by atoms with E-state index in [0.717, 1.165) is 12.0 Å². The van der Waals surface area contributed by atoms with Crippen molar-refractivity contribution in [3.05, 3.63) is 58.7 Å². The molecule has 1 spiro atoms. The largest absolute Gasteiger partial charge is 0.462 e. The molecule has 9 heteroatoms. The number of aliphatic hydroxyl groups excluding tert-OH is 3. The molecule has 4 N–H and O–H groups in total. The number of rotatable bonds is 3. The molecule has 0 aromatic carbocycles. The first-order valence-corrected chi connectivity index (χ1v) is 16.5. The number of hydrogen-bond acceptors (Lipinski definition) is 9. The van der Waals surface area contributed by atoms with E-state index in [-0.39, 0.29) is 44.0 Å². The Morgan fingerprint density at radius 3 is 2.62 bits per heavy atom. The van der Waals surface area contributed by atoms with Crippen LogP contribution in [0, 0.1) is 23.7 Å². The van der Waals surface area contributed by atoms with Crippen LogP contribution in [-0.2, 0) is 23.7 Å². The summed E-state index contributed by atoms with van der Waals surface area (Å²) >= 11 is 0. The van der Waals surface area contributed by atoms with Crippen LogP contribution in [0.25, 0.3) is 0 Å². The van der Waals surface area contributed by atoms with Gasteiger partial charge in [-0.1, -0.05) is 62.8 Å². The zero-order valence-electron chi connectivity index (χ0n) is 27.5. The minimum Gasteiger partial charge on any atom is -0.462 e. The third-order valence-electron chi connectivity index (χ3n) is 10.1. The van der Waals surface area contributed by atoms with Crippen molar-refractivity contribution in [2.24, 2.45) is 23.7 Å². The molecule has 0 radical (unpaired) electrons. The fraction of sp³-hybridized carbons (Fsp3) is 0.694. The molecule has 2 bridgehead atoms. The van der Waals surface area contributed by atoms with E-state index in [1.807, 2.05) is 13.0 Å². The number of ether oxygens (including phenoxy) is 4. The molecule has 4 heterocycles. The lowest BCUT2D eigenvalue weighted by atomic mass is 9.71. The Bertz CT molecular complexity index is 1260. The van der Waals surface area contributed by atoms with Crippen molar-refractivity contribution in [3.8, 4) is 0 Å². The summed E-state index contributed by atoms with van der Waals surface area (Å²) in [6.07, 6.45) is 9.22. The monoisotopic (exact) mass is 628 g/mol. The Kier molecular flexibility index (Phi) is 10.3. The fourth-order valence-electron chi connectivity index (χ4n) is 7.93. The van der Waals surface area contributed by atoms with E-state index < -0.39 is 59.7 Å². The average Bonchev–Trinajstić information content (AvgIpc) is 3.29. The van der Waals surface area contributed by atoms with Crippen LogP contribution in [-0.4, -0.2) is 87.6 Å². The first-order valence-electron chi connectivity index (χ1n) is 16.5. The summed E-state index contributed by atoms with van der Waals surface area (Å²) in [6, 6.07) is 0. The zero-order valence-corrected chi connectivity index (χ0v) is 27.5. The molecule has 1 aliphatic carbocycles. The Morgan fingerprint density at radius 1 is 1.16 bits per heavy atom. The molecule has 45 heavy (non-hydrogen) atoms. The molecule has 0 amide bonds. The number of hydrogen-bond donors (Lipinski definition) is 4. The van der Waals surface area contributed by atoms with Gasteiger partial charge in [0.15, 0.2) is 5.79 Å². The van der Waals surface area contributed by atoms with Gasteiger partial charge in [-0.15, -0.1) is 0 Å². The standard InChI is InChI=1S/C36H52O9/c1-20(2)12-24(6)32-28(18-37)30(38)17-35(45-32)16-27-15-26(44-35)11-10-22(4)13-21(3)8-7-9-25-19-42-33-31(39)23(5)14-29(34(40)43-27)36(25,33)41/h7-10,12,14,20-21,26-33,37-39,41H,11,13,15-19H2,1-6H3. The molecule has 0 saturated carbocycles. The molecule has 5 rings (SSSR count). The minimum atomic E-state index is -1.77. The van der Waals surface area contributed by atoms with Gasteiger partial charge in [0.1, 0.15) is 29.8 Å². The predicted octanol–water partition coefficient (Wildman–Crippen LogP) is 4.06. The minimum absolute atomic E-state index is 0.0889. The van der Waals surface area contributed by atoms with E-state index in [9.17, 15) is 25.2 Å². The van der Waals surface area contributed by atoms with Crippen molar-refractivity contribution in [1.82, 2.24) is 0 Å². The van der Waals surface area contributed by atoms with Crippen molar-refractivity contribution < 1.29 is 44.2 Å². The van der Waals surface area contributed by atoms with Crippen LogP contribution >= 0.6 is 0 Å². The Morgan fingerprint density at radius 2 is 1.91 bits per heavy atom. The highest BCUT2D eigenvalue weighted by Crippen LogP contribution is 2.48. The quantitative estimate of drug-likeness (QED) is 0.270. The Hall–Kier alpha value is -2.11. The normalized spacial score (nSPS) is 43.0. The summed E-state index contributed by atoms with van der Waals surface area (Å²) in [5.74, 6) is -2.99. The van der Waals surface area contributed by atoms with Gasteiger partial charge in [0.25, 0.3) is 0 Å². The molecule has 11 atom stereocenters. The van der Waals surface area contributed by atoms with Gasteiger partial charge >= 0.3 is 5.97 Å². The van der Waals surface area contributed by atoms with Gasteiger partial charge in [0.2, 0.25) is 0 Å². The topological polar surface area (TPSA) is 135 Å². The van der Waals surface area contributed by atoms with Crippen LogP contribution in [0.3, 0.4) is 0 Å². The summed E-state index contributed by atoms with van der Waals surface area (Å²) < 4.78 is 25.5. The number of esters is 1. The van der Waals surface area contributed by atoms with Gasteiger partial charge in [-0.3, -0.25) is 4.79 Å². The van der Waals surface area contributed by atoms with Gasteiger partial charge < -0.3 is 39.4 Å². The van der Waals surface area contributed by atoms with Gasteiger partial charge in [-0.2, -0.15) is 0 Å². The first-order chi connectivity index (χ1) is 21.3. The van der Waals surface area contributed by atoms with Crippen LogP contribution in [0.4, 0.5) is 0 Å². The molecular weight excluding hydrogens is 576 g/mol. The summed E-state index contributed by atoms with van der Waals surface area (Å²) in [4.78, 5) is 14.1. The summed E-state index contributed by atoms with van der Waals surface area (Å²) in [5.41, 5.74) is 1.39. The highest BCUT2D eigenvalue weighted by molar-refractivity contribution is 5.78. The summed E-state index contributed by atoms with van der Waals surface area (Å²) in [6.45, 7) is 11.9. The number of carbonyl (C=O) groups is 1. The predicted molar refractivity (Wildman–Crippen MR) is 169 cm³/mol. The van der Waals surface area contributed by atoms with Crippen LogP contribution in [0.2, 0.25) is 0 Å². The second kappa shape index (κ2) is 13.6. The lowest BCUT2D eigenvalue weighted by Gasteiger charge is -2.51. The van der Waals surface area contributed by atoms with E-state index in [1.165, 1.54) is 5.57 Å². The average molecular weight is 629 g/mol. The maximum atomic E-state index is 14.1. The number of carbonyl (C=O) groups excluding carboxylic acids is 1. The molecule has 11 unspecified atom stereocenters. The van der Waals surface area contributed by atoms with E-state index in [4.69, 9.17) is 18.9 Å². The molecule has 0 aromatic heterocycles. The molecule has 250 valence electrons. The number of fused-ring (bicyclic) bond motifs is 2. The van der Waals surface area contributed by atoms with Crippen LogP contribution in [0.15, 0.2) is 58.7 Å². The van der Waals surface area contributed by atoms with Crippen molar-refractivity contribution in [3.63, 3.8) is 0 Å². The highest BCUT2D eigenvalue weighted by atomic mass is 16.7. The van der Waals surface area contributed by atoms with E-state index in [2.05, 4.69) is 45.9 Å². The Labute approximate surface area is 267 Å². The van der Waals surface area contributed by atoms with E-state index in [1.54, 1.807) is 19.1 Å². The molecule has 3 fully saturated rings. The first kappa shape index (κ1) is 34.2. The summed E-state index contributed by atoms with van der Waals surface area (Å²) in [7, 11) is 0. The van der Waals surface area contributed by atoms with E-state index in [0.29, 0.717) is 24.0 Å². The number of aliphatic hydroxyl groups is 4. The van der Waals surface area contributed by atoms with Crippen LogP contribution in [0.1, 0.15) is 73.6 Å². The second-order valence-corrected chi connectivity index (χ2v) is 14.4. The SMILES string of the molecule is CC1=CCC2CC(CC3(CC(O)C(CO)C(C(C)=CC(C)C)O3)O2)OC(=O)C2C=C(C)C(O)C3OCC(=CC=CC(C)C1)C23O. The molecule has 5 aliphatic rings. The van der Waals surface area contributed by atoms with Crippen LogP contribution in [0.5, 0.6) is 0 Å².